The van der Waals surface area contributed by atoms with Gasteiger partial charge in [-0.05, 0) is 44.1 Å². The monoisotopic (exact) mass is 276 g/mol. The first kappa shape index (κ1) is 13.2. The maximum Gasteiger partial charge on any atom is 0.299 e. The highest BCUT2D eigenvalue weighted by atomic mass is 19.1. The molecule has 1 saturated heterocycles. The van der Waals surface area contributed by atoms with E-state index in [0.717, 1.165) is 19.6 Å². The van der Waals surface area contributed by atoms with E-state index in [1.165, 1.54) is 42.4 Å². The van der Waals surface area contributed by atoms with E-state index in [4.69, 9.17) is 0 Å². The average molecular weight is 276 g/mol. The van der Waals surface area contributed by atoms with Crippen molar-refractivity contribution in [3.05, 3.63) is 29.6 Å². The van der Waals surface area contributed by atoms with Gasteiger partial charge in [-0.3, -0.25) is 9.59 Å². The van der Waals surface area contributed by atoms with Crippen molar-refractivity contribution in [2.75, 3.05) is 31.1 Å². The minimum Gasteiger partial charge on any atom is -0.303 e. The Morgan fingerprint density at radius 1 is 1.05 bits per heavy atom. The van der Waals surface area contributed by atoms with Crippen molar-refractivity contribution < 1.29 is 14.0 Å². The summed E-state index contributed by atoms with van der Waals surface area (Å²) in [5, 5.41) is 0. The summed E-state index contributed by atoms with van der Waals surface area (Å²) in [6.07, 6.45) is 3.61. The minimum atomic E-state index is -0.539. The molecule has 20 heavy (non-hydrogen) atoms. The fourth-order valence-corrected chi connectivity index (χ4v) is 2.91. The van der Waals surface area contributed by atoms with E-state index >= 15 is 0 Å². The molecule has 1 amide bonds. The van der Waals surface area contributed by atoms with Gasteiger partial charge in [0.1, 0.15) is 5.82 Å². The van der Waals surface area contributed by atoms with Gasteiger partial charge in [-0.25, -0.2) is 4.39 Å². The molecule has 2 aliphatic heterocycles. The van der Waals surface area contributed by atoms with Crippen molar-refractivity contribution in [3.63, 3.8) is 0 Å². The number of likely N-dealkylation sites (tertiary alicyclic amines) is 1. The van der Waals surface area contributed by atoms with Gasteiger partial charge in [-0.2, -0.15) is 0 Å². The van der Waals surface area contributed by atoms with Gasteiger partial charge in [-0.15, -0.1) is 0 Å². The Balaban J connectivity index is 1.75. The number of piperidine rings is 1. The summed E-state index contributed by atoms with van der Waals surface area (Å²) in [6.45, 7) is 3.24. The average Bonchev–Trinajstić information content (AvgIpc) is 2.70. The number of nitrogens with zero attached hydrogens (tertiary/aromatic N) is 2. The van der Waals surface area contributed by atoms with E-state index < -0.39 is 17.5 Å². The van der Waals surface area contributed by atoms with Crippen LogP contribution in [-0.2, 0) is 4.79 Å². The van der Waals surface area contributed by atoms with Gasteiger partial charge < -0.3 is 9.80 Å². The molecule has 0 radical (unpaired) electrons. The number of carbonyl (C=O) groups excluding carboxylic acids is 2. The second-order valence-corrected chi connectivity index (χ2v) is 5.35. The Morgan fingerprint density at radius 3 is 2.55 bits per heavy atom. The standard InChI is InChI=1S/C15H17FN2O2/c16-11-4-5-12-13(10-11)18(15(20)14(12)19)9-8-17-6-2-1-3-7-17/h4-5,10H,1-3,6-9H2. The number of ketones is 1. The van der Waals surface area contributed by atoms with Crippen LogP contribution in [0.3, 0.4) is 0 Å². The molecule has 0 bridgehead atoms. The van der Waals surface area contributed by atoms with E-state index in [1.54, 1.807) is 0 Å². The van der Waals surface area contributed by atoms with E-state index in [-0.39, 0.29) is 0 Å². The third-order valence-electron chi connectivity index (χ3n) is 4.02. The highest BCUT2D eigenvalue weighted by Gasteiger charge is 2.35. The van der Waals surface area contributed by atoms with Crippen LogP contribution in [0.2, 0.25) is 0 Å². The molecule has 1 fully saturated rings. The Hall–Kier alpha value is -1.75. The lowest BCUT2D eigenvalue weighted by atomic mass is 10.1. The van der Waals surface area contributed by atoms with Gasteiger partial charge in [-0.1, -0.05) is 6.42 Å². The summed E-state index contributed by atoms with van der Waals surface area (Å²) < 4.78 is 13.3. The Bertz CT molecular complexity index is 553. The topological polar surface area (TPSA) is 40.6 Å². The van der Waals surface area contributed by atoms with E-state index in [1.807, 2.05) is 0 Å². The Morgan fingerprint density at radius 2 is 1.80 bits per heavy atom. The molecule has 0 aromatic heterocycles. The molecule has 0 N–H and O–H groups in total. The lowest BCUT2D eigenvalue weighted by Crippen LogP contribution is -2.40. The molecule has 5 heteroatoms. The van der Waals surface area contributed by atoms with Crippen molar-refractivity contribution >= 4 is 17.4 Å². The van der Waals surface area contributed by atoms with Crippen molar-refractivity contribution in [1.82, 2.24) is 4.90 Å². The third-order valence-corrected chi connectivity index (χ3v) is 4.02. The maximum atomic E-state index is 13.3. The predicted molar refractivity (Wildman–Crippen MR) is 73.4 cm³/mol. The lowest BCUT2D eigenvalue weighted by molar-refractivity contribution is -0.114. The van der Waals surface area contributed by atoms with Gasteiger partial charge in [0, 0.05) is 13.1 Å². The Kier molecular flexibility index (Phi) is 3.53. The van der Waals surface area contributed by atoms with Gasteiger partial charge >= 0.3 is 0 Å². The van der Waals surface area contributed by atoms with Crippen LogP contribution in [0, 0.1) is 5.82 Å². The normalized spacial score (nSPS) is 19.6. The Labute approximate surface area is 117 Å². The summed E-state index contributed by atoms with van der Waals surface area (Å²) in [5.41, 5.74) is 0.729. The zero-order chi connectivity index (χ0) is 14.1. The van der Waals surface area contributed by atoms with Crippen molar-refractivity contribution in [3.8, 4) is 0 Å². The molecule has 2 aliphatic rings. The SMILES string of the molecule is O=C1C(=O)N(CCN2CCCCC2)c2cc(F)ccc21. The van der Waals surface area contributed by atoms with E-state index in [2.05, 4.69) is 4.90 Å². The number of Topliss-reactive ketones (excluding diaryl/α,β-unsaturated/α-hetero) is 1. The number of hydrogen-bond donors (Lipinski definition) is 0. The number of rotatable bonds is 3. The van der Waals surface area contributed by atoms with Crippen LogP contribution in [0.15, 0.2) is 18.2 Å². The summed E-state index contributed by atoms with van der Waals surface area (Å²) in [7, 11) is 0. The van der Waals surface area contributed by atoms with Crippen molar-refractivity contribution in [2.24, 2.45) is 0 Å². The zero-order valence-electron chi connectivity index (χ0n) is 11.3. The summed E-state index contributed by atoms with van der Waals surface area (Å²) in [6, 6.07) is 3.89. The highest BCUT2D eigenvalue weighted by molar-refractivity contribution is 6.52. The molecule has 2 heterocycles. The molecule has 106 valence electrons. The first-order chi connectivity index (χ1) is 9.66. The minimum absolute atomic E-state index is 0.315. The molecule has 0 aliphatic carbocycles. The molecule has 0 unspecified atom stereocenters. The van der Waals surface area contributed by atoms with Gasteiger partial charge in [0.05, 0.1) is 11.3 Å². The van der Waals surface area contributed by atoms with Crippen molar-refractivity contribution in [1.29, 1.82) is 0 Å². The number of anilines is 1. The lowest BCUT2D eigenvalue weighted by Gasteiger charge is -2.28. The van der Waals surface area contributed by atoms with Crippen LogP contribution >= 0.6 is 0 Å². The van der Waals surface area contributed by atoms with Crippen molar-refractivity contribution in [2.45, 2.75) is 19.3 Å². The van der Waals surface area contributed by atoms with Crippen LogP contribution in [0.4, 0.5) is 10.1 Å². The predicted octanol–water partition coefficient (Wildman–Crippen LogP) is 1.84. The number of carbonyl (C=O) groups is 2. The molecule has 3 rings (SSSR count). The number of halogens is 1. The highest BCUT2D eigenvalue weighted by Crippen LogP contribution is 2.29. The molecule has 0 saturated carbocycles. The van der Waals surface area contributed by atoms with E-state index in [0.29, 0.717) is 17.8 Å². The summed E-state index contributed by atoms with van der Waals surface area (Å²) >= 11 is 0. The zero-order valence-corrected chi connectivity index (χ0v) is 11.3. The largest absolute Gasteiger partial charge is 0.303 e. The van der Waals surface area contributed by atoms with Crippen LogP contribution in [0.1, 0.15) is 29.6 Å². The van der Waals surface area contributed by atoms with Gasteiger partial charge in [0.25, 0.3) is 11.7 Å². The quantitative estimate of drug-likeness (QED) is 0.791. The fourth-order valence-electron chi connectivity index (χ4n) is 2.91. The third kappa shape index (κ3) is 2.33. The molecule has 0 atom stereocenters. The summed E-state index contributed by atoms with van der Waals surface area (Å²) in [5.74, 6) is -1.49. The van der Waals surface area contributed by atoms with Crippen LogP contribution in [0.5, 0.6) is 0 Å². The first-order valence-electron chi connectivity index (χ1n) is 7.05. The fraction of sp³-hybridized carbons (Fsp3) is 0.467. The molecule has 1 aromatic carbocycles. The smallest absolute Gasteiger partial charge is 0.299 e. The van der Waals surface area contributed by atoms with Gasteiger partial charge in [0.2, 0.25) is 0 Å². The van der Waals surface area contributed by atoms with Crippen LogP contribution in [-0.4, -0.2) is 42.8 Å². The van der Waals surface area contributed by atoms with Gasteiger partial charge in [0.15, 0.2) is 0 Å². The molecular formula is C15H17FN2O2. The maximum absolute atomic E-state index is 13.3. The van der Waals surface area contributed by atoms with E-state index in [9.17, 15) is 14.0 Å². The number of amides is 1. The molecule has 4 nitrogen and oxygen atoms in total. The number of hydrogen-bond acceptors (Lipinski definition) is 3. The second-order valence-electron chi connectivity index (χ2n) is 5.35. The number of fused-ring (bicyclic) bond motifs is 1. The first-order valence-corrected chi connectivity index (χ1v) is 7.05. The van der Waals surface area contributed by atoms with Crippen LogP contribution in [0.25, 0.3) is 0 Å². The molecule has 1 aromatic rings. The van der Waals surface area contributed by atoms with Crippen LogP contribution < -0.4 is 4.90 Å². The summed E-state index contributed by atoms with van der Waals surface area (Å²) in [4.78, 5) is 27.5. The second kappa shape index (κ2) is 5.32. The number of benzene rings is 1. The molecule has 0 spiro atoms. The molecular weight excluding hydrogens is 259 g/mol.